The number of rotatable bonds is 6. The topological polar surface area (TPSA) is 93.5 Å². The van der Waals surface area contributed by atoms with Crippen molar-refractivity contribution in [2.24, 2.45) is 0 Å². The van der Waals surface area contributed by atoms with E-state index in [0.717, 1.165) is 66.7 Å². The molecule has 2 N–H and O–H groups in total. The lowest BCUT2D eigenvalue weighted by Crippen LogP contribution is -2.37. The largest absolute Gasteiger partial charge is 0.379 e. The summed E-state index contributed by atoms with van der Waals surface area (Å²) in [5.74, 6) is 0.617. The average molecular weight is 483 g/mol. The lowest BCUT2D eigenvalue weighted by atomic mass is 10.0. The molecule has 2 aliphatic heterocycles. The summed E-state index contributed by atoms with van der Waals surface area (Å²) in [7, 11) is 0. The van der Waals surface area contributed by atoms with Crippen molar-refractivity contribution < 1.29 is 14.3 Å². The van der Waals surface area contributed by atoms with Gasteiger partial charge in [0.05, 0.1) is 25.5 Å². The predicted octanol–water partition coefficient (Wildman–Crippen LogP) is 3.92. The van der Waals surface area contributed by atoms with Crippen molar-refractivity contribution in [3.8, 4) is 5.69 Å². The van der Waals surface area contributed by atoms with Crippen LogP contribution in [0.25, 0.3) is 5.69 Å². The monoisotopic (exact) mass is 482 g/mol. The van der Waals surface area contributed by atoms with Gasteiger partial charge in [0.15, 0.2) is 5.13 Å². The van der Waals surface area contributed by atoms with Gasteiger partial charge in [-0.3, -0.25) is 15.5 Å². The van der Waals surface area contributed by atoms with Gasteiger partial charge in [0.1, 0.15) is 17.1 Å². The van der Waals surface area contributed by atoms with Gasteiger partial charge in [-0.15, -0.1) is 11.3 Å². The highest BCUT2D eigenvalue weighted by molar-refractivity contribution is 7.15. The van der Waals surface area contributed by atoms with E-state index in [2.05, 4.69) is 20.5 Å². The minimum atomic E-state index is -0.511. The minimum Gasteiger partial charge on any atom is -0.379 e. The molecular formula is C24H30N6O3S. The molecule has 34 heavy (non-hydrogen) atoms. The first kappa shape index (κ1) is 23.0. The van der Waals surface area contributed by atoms with E-state index in [0.29, 0.717) is 17.6 Å². The highest BCUT2D eigenvalue weighted by atomic mass is 32.1. The Hall–Kier alpha value is -2.79. The van der Waals surface area contributed by atoms with Gasteiger partial charge in [-0.25, -0.2) is 14.5 Å². The third kappa shape index (κ3) is 4.85. The summed E-state index contributed by atoms with van der Waals surface area (Å²) in [5, 5.41) is 11.3. The van der Waals surface area contributed by atoms with Crippen LogP contribution in [-0.4, -0.2) is 58.5 Å². The third-order valence-corrected chi connectivity index (χ3v) is 7.17. The van der Waals surface area contributed by atoms with E-state index in [1.807, 2.05) is 51.2 Å². The molecule has 0 radical (unpaired) electrons. The van der Waals surface area contributed by atoms with E-state index in [1.165, 1.54) is 11.3 Å². The molecule has 3 aromatic rings. The smallest absolute Gasteiger partial charge is 0.326 e. The molecule has 5 rings (SSSR count). The Morgan fingerprint density at radius 2 is 1.94 bits per heavy atom. The summed E-state index contributed by atoms with van der Waals surface area (Å²) in [5.41, 5.74) is 3.26. The number of ether oxygens (including phenoxy) is 2. The zero-order valence-corrected chi connectivity index (χ0v) is 20.6. The van der Waals surface area contributed by atoms with Crippen molar-refractivity contribution in [2.75, 3.05) is 43.5 Å². The molecule has 0 atom stereocenters. The van der Waals surface area contributed by atoms with E-state index in [1.54, 1.807) is 4.68 Å². The molecule has 10 heteroatoms. The number of hydrogen-bond acceptors (Lipinski definition) is 7. The number of carbonyl (C=O) groups excluding carboxylic acids is 1. The molecule has 4 heterocycles. The molecule has 1 fully saturated rings. The van der Waals surface area contributed by atoms with Crippen LogP contribution in [0.3, 0.4) is 0 Å². The van der Waals surface area contributed by atoms with Crippen molar-refractivity contribution in [2.45, 2.75) is 39.4 Å². The number of nitrogens with one attached hydrogen (secondary N) is 2. The van der Waals surface area contributed by atoms with Gasteiger partial charge in [0.2, 0.25) is 0 Å². The Kier molecular flexibility index (Phi) is 6.39. The number of fused-ring (bicyclic) bond motifs is 1. The van der Waals surface area contributed by atoms with Crippen LogP contribution in [0.1, 0.15) is 35.5 Å². The number of anilines is 2. The fourth-order valence-corrected chi connectivity index (χ4v) is 5.00. The fraction of sp³-hybridized carbons (Fsp3) is 0.458. The van der Waals surface area contributed by atoms with Crippen LogP contribution in [-0.2, 0) is 28.1 Å². The van der Waals surface area contributed by atoms with Gasteiger partial charge in [-0.2, -0.15) is 5.10 Å². The van der Waals surface area contributed by atoms with Gasteiger partial charge in [0.25, 0.3) is 0 Å². The summed E-state index contributed by atoms with van der Waals surface area (Å²) in [6, 6.07) is 7.70. The number of amides is 2. The van der Waals surface area contributed by atoms with E-state index >= 15 is 0 Å². The number of aromatic nitrogens is 3. The van der Waals surface area contributed by atoms with Gasteiger partial charge in [0, 0.05) is 36.3 Å². The van der Waals surface area contributed by atoms with E-state index in [4.69, 9.17) is 14.6 Å². The van der Waals surface area contributed by atoms with E-state index in [9.17, 15) is 4.79 Å². The Labute approximate surface area is 203 Å². The number of aryl methyl sites for hydroxylation is 1. The molecule has 2 amide bonds. The van der Waals surface area contributed by atoms with E-state index < -0.39 is 5.60 Å². The van der Waals surface area contributed by atoms with Crippen molar-refractivity contribution >= 4 is 28.3 Å². The van der Waals surface area contributed by atoms with Crippen LogP contribution < -0.4 is 10.6 Å². The molecule has 1 saturated heterocycles. The standard InChI is InChI=1S/C24H30N6O3S/c1-16-4-6-17(7-5-16)30-21(19-15-33-24(2,3)20(19)28-30)26-22(31)27-23-25-14-18(34-23)8-9-29-10-12-32-13-11-29/h4-7,14H,8-13,15H2,1-3H3,(H2,25,26,27,31). The molecule has 0 saturated carbocycles. The predicted molar refractivity (Wildman–Crippen MR) is 132 cm³/mol. The molecule has 0 spiro atoms. The molecule has 1 aromatic carbocycles. The summed E-state index contributed by atoms with van der Waals surface area (Å²) in [6.07, 6.45) is 2.74. The Bertz CT molecular complexity index is 1160. The zero-order valence-electron chi connectivity index (χ0n) is 19.8. The number of thiazole rings is 1. The van der Waals surface area contributed by atoms with Crippen molar-refractivity contribution in [3.05, 3.63) is 52.2 Å². The fourth-order valence-electron chi connectivity index (χ4n) is 4.20. The van der Waals surface area contributed by atoms with Crippen molar-refractivity contribution in [1.82, 2.24) is 19.7 Å². The lowest BCUT2D eigenvalue weighted by Gasteiger charge is -2.26. The SMILES string of the molecule is Cc1ccc(-n2nc3c(c2NC(=O)Nc2ncc(CCN4CCOCC4)s2)COC3(C)C)cc1. The highest BCUT2D eigenvalue weighted by Crippen LogP contribution is 2.40. The number of urea groups is 1. The number of hydrogen-bond donors (Lipinski definition) is 2. The average Bonchev–Trinajstić information content (AvgIpc) is 3.50. The minimum absolute atomic E-state index is 0.352. The molecule has 0 unspecified atom stereocenters. The second-order valence-corrected chi connectivity index (χ2v) is 10.3. The van der Waals surface area contributed by atoms with Crippen molar-refractivity contribution in [1.29, 1.82) is 0 Å². The summed E-state index contributed by atoms with van der Waals surface area (Å²) < 4.78 is 13.1. The molecule has 0 aliphatic carbocycles. The lowest BCUT2D eigenvalue weighted by molar-refractivity contribution is -0.0114. The third-order valence-electron chi connectivity index (χ3n) is 6.19. The summed E-state index contributed by atoms with van der Waals surface area (Å²) in [4.78, 5) is 20.9. The maximum Gasteiger partial charge on any atom is 0.326 e. The number of nitrogens with zero attached hydrogens (tertiary/aromatic N) is 4. The molecular weight excluding hydrogens is 452 g/mol. The van der Waals surface area contributed by atoms with Gasteiger partial charge < -0.3 is 9.47 Å². The number of morpholine rings is 1. The maximum atomic E-state index is 12.9. The van der Waals surface area contributed by atoms with Crippen LogP contribution in [0.15, 0.2) is 30.5 Å². The maximum absolute atomic E-state index is 12.9. The number of benzene rings is 1. The van der Waals surface area contributed by atoms with Crippen LogP contribution in [0.4, 0.5) is 15.7 Å². The zero-order chi connectivity index (χ0) is 23.7. The van der Waals surface area contributed by atoms with Gasteiger partial charge in [-0.05, 0) is 39.3 Å². The van der Waals surface area contributed by atoms with Crippen LogP contribution in [0.5, 0.6) is 0 Å². The first-order valence-corrected chi connectivity index (χ1v) is 12.4. The molecule has 0 bridgehead atoms. The molecule has 9 nitrogen and oxygen atoms in total. The van der Waals surface area contributed by atoms with Gasteiger partial charge >= 0.3 is 6.03 Å². The second-order valence-electron chi connectivity index (χ2n) is 9.14. The first-order valence-electron chi connectivity index (χ1n) is 11.6. The van der Waals surface area contributed by atoms with Crippen molar-refractivity contribution in [3.63, 3.8) is 0 Å². The quantitative estimate of drug-likeness (QED) is 0.553. The Morgan fingerprint density at radius 3 is 2.71 bits per heavy atom. The van der Waals surface area contributed by atoms with Crippen LogP contribution in [0.2, 0.25) is 0 Å². The second kappa shape index (κ2) is 9.46. The Balaban J connectivity index is 1.29. The van der Waals surface area contributed by atoms with Crippen LogP contribution >= 0.6 is 11.3 Å². The normalized spacial score (nSPS) is 17.5. The van der Waals surface area contributed by atoms with Gasteiger partial charge in [-0.1, -0.05) is 17.7 Å². The molecule has 180 valence electrons. The first-order chi connectivity index (χ1) is 16.4. The highest BCUT2D eigenvalue weighted by Gasteiger charge is 2.38. The van der Waals surface area contributed by atoms with Crippen LogP contribution in [0, 0.1) is 6.92 Å². The van der Waals surface area contributed by atoms with E-state index in [-0.39, 0.29) is 6.03 Å². The summed E-state index contributed by atoms with van der Waals surface area (Å²) >= 11 is 1.50. The summed E-state index contributed by atoms with van der Waals surface area (Å²) in [6.45, 7) is 10.9. The molecule has 2 aliphatic rings. The number of carbonyl (C=O) groups is 1. The molecule has 2 aromatic heterocycles. The Morgan fingerprint density at radius 1 is 1.18 bits per heavy atom.